The van der Waals surface area contributed by atoms with Gasteiger partial charge >= 0.3 is 0 Å². The Balaban J connectivity index is 2.18. The van der Waals surface area contributed by atoms with Gasteiger partial charge in [0.2, 0.25) is 0 Å². The first-order valence-corrected chi connectivity index (χ1v) is 6.98. The van der Waals surface area contributed by atoms with Crippen LogP contribution in [0.5, 0.6) is 0 Å². The van der Waals surface area contributed by atoms with Crippen molar-refractivity contribution in [2.75, 3.05) is 13.6 Å². The normalized spacial score (nSPS) is 12.7. The number of hydrogen-bond acceptors (Lipinski definition) is 2. The molecule has 2 aromatic carbocycles. The molecule has 112 valence electrons. The Labute approximate surface area is 128 Å². The molecule has 0 saturated heterocycles. The van der Waals surface area contributed by atoms with Gasteiger partial charge in [0.1, 0.15) is 11.6 Å². The summed E-state index contributed by atoms with van der Waals surface area (Å²) in [6.07, 6.45) is 0. The zero-order valence-corrected chi connectivity index (χ0v) is 12.4. The molecule has 1 unspecified atom stereocenters. The van der Waals surface area contributed by atoms with Crippen molar-refractivity contribution in [2.45, 2.75) is 12.6 Å². The topological polar surface area (TPSA) is 29.3 Å². The molecular weight excluding hydrogens is 294 g/mol. The smallest absolute Gasteiger partial charge is 0.130 e. The molecule has 0 saturated carbocycles. The van der Waals surface area contributed by atoms with E-state index in [-0.39, 0.29) is 12.6 Å². The zero-order valence-electron chi connectivity index (χ0n) is 11.7. The second kappa shape index (κ2) is 6.98. The number of hydrogen-bond donors (Lipinski definition) is 1. The van der Waals surface area contributed by atoms with E-state index in [0.29, 0.717) is 17.1 Å². The van der Waals surface area contributed by atoms with Crippen LogP contribution in [-0.4, -0.2) is 18.5 Å². The molecule has 0 heterocycles. The molecule has 0 bridgehead atoms. The van der Waals surface area contributed by atoms with Gasteiger partial charge in [0.25, 0.3) is 0 Å². The molecule has 0 aliphatic heterocycles. The molecule has 0 aliphatic rings. The van der Waals surface area contributed by atoms with E-state index in [1.54, 1.807) is 12.1 Å². The van der Waals surface area contributed by atoms with Gasteiger partial charge in [-0.05, 0) is 30.8 Å². The van der Waals surface area contributed by atoms with Crippen LogP contribution in [0.15, 0.2) is 42.5 Å². The molecule has 0 spiro atoms. The third-order valence-corrected chi connectivity index (χ3v) is 3.67. The summed E-state index contributed by atoms with van der Waals surface area (Å²) in [6, 6.07) is 10.7. The first-order chi connectivity index (χ1) is 10.0. The lowest BCUT2D eigenvalue weighted by atomic mass is 10.0. The number of benzene rings is 2. The average molecular weight is 311 g/mol. The van der Waals surface area contributed by atoms with Crippen LogP contribution in [-0.2, 0) is 6.54 Å². The fourth-order valence-electron chi connectivity index (χ4n) is 2.30. The van der Waals surface area contributed by atoms with Gasteiger partial charge in [0, 0.05) is 35.8 Å². The number of nitrogens with two attached hydrogens (primary N) is 1. The van der Waals surface area contributed by atoms with E-state index in [4.69, 9.17) is 17.3 Å². The lowest BCUT2D eigenvalue weighted by Gasteiger charge is -2.27. The fraction of sp³-hybridized carbons (Fsp3) is 0.250. The van der Waals surface area contributed by atoms with Crippen molar-refractivity contribution in [3.8, 4) is 0 Å². The third kappa shape index (κ3) is 4.00. The summed E-state index contributed by atoms with van der Waals surface area (Å²) in [7, 11) is 1.86. The monoisotopic (exact) mass is 310 g/mol. The van der Waals surface area contributed by atoms with E-state index in [9.17, 15) is 8.78 Å². The molecule has 0 fully saturated rings. The van der Waals surface area contributed by atoms with Gasteiger partial charge in [0.05, 0.1) is 0 Å². The van der Waals surface area contributed by atoms with Crippen molar-refractivity contribution in [3.63, 3.8) is 0 Å². The maximum absolute atomic E-state index is 13.9. The molecule has 2 aromatic rings. The number of halogens is 3. The van der Waals surface area contributed by atoms with Crippen LogP contribution in [0.25, 0.3) is 0 Å². The van der Waals surface area contributed by atoms with Crippen molar-refractivity contribution >= 4 is 11.6 Å². The van der Waals surface area contributed by atoms with Crippen LogP contribution in [0.1, 0.15) is 17.2 Å². The number of nitrogens with zero attached hydrogens (tertiary/aromatic N) is 1. The molecule has 0 radical (unpaired) electrons. The Morgan fingerprint density at radius 1 is 1.14 bits per heavy atom. The summed E-state index contributed by atoms with van der Waals surface area (Å²) in [6.45, 7) is 0.836. The largest absolute Gasteiger partial charge is 0.329 e. The summed E-state index contributed by atoms with van der Waals surface area (Å²) < 4.78 is 26.9. The highest BCUT2D eigenvalue weighted by Crippen LogP contribution is 2.24. The average Bonchev–Trinajstić information content (AvgIpc) is 2.44. The van der Waals surface area contributed by atoms with Crippen LogP contribution in [0.4, 0.5) is 8.78 Å². The Morgan fingerprint density at radius 2 is 1.81 bits per heavy atom. The van der Waals surface area contributed by atoms with Crippen LogP contribution in [0, 0.1) is 11.6 Å². The summed E-state index contributed by atoms with van der Waals surface area (Å²) in [5.41, 5.74) is 7.21. The van der Waals surface area contributed by atoms with E-state index < -0.39 is 11.6 Å². The SMILES string of the molecule is CN(Cc1ccc(Cl)cc1)C(CN)c1ccc(F)cc1F. The minimum atomic E-state index is -0.590. The van der Waals surface area contributed by atoms with Gasteiger partial charge in [-0.3, -0.25) is 4.90 Å². The molecule has 0 amide bonds. The number of likely N-dealkylation sites (N-methyl/N-ethyl adjacent to an activating group) is 1. The van der Waals surface area contributed by atoms with Crippen molar-refractivity contribution < 1.29 is 8.78 Å². The molecule has 0 aliphatic carbocycles. The van der Waals surface area contributed by atoms with E-state index in [2.05, 4.69) is 0 Å². The molecule has 2 rings (SSSR count). The molecule has 5 heteroatoms. The van der Waals surface area contributed by atoms with Gasteiger partial charge < -0.3 is 5.73 Å². The van der Waals surface area contributed by atoms with Crippen LogP contribution in [0.2, 0.25) is 5.02 Å². The Kier molecular flexibility index (Phi) is 5.28. The van der Waals surface area contributed by atoms with Crippen molar-refractivity contribution in [1.29, 1.82) is 0 Å². The molecule has 21 heavy (non-hydrogen) atoms. The maximum atomic E-state index is 13.9. The van der Waals surface area contributed by atoms with Crippen LogP contribution < -0.4 is 5.73 Å². The fourth-order valence-corrected chi connectivity index (χ4v) is 2.43. The van der Waals surface area contributed by atoms with Crippen LogP contribution >= 0.6 is 11.6 Å². The van der Waals surface area contributed by atoms with E-state index in [1.165, 1.54) is 12.1 Å². The second-order valence-corrected chi connectivity index (χ2v) is 5.40. The molecule has 2 nitrogen and oxygen atoms in total. The minimum absolute atomic E-state index is 0.243. The lowest BCUT2D eigenvalue weighted by molar-refractivity contribution is 0.236. The molecule has 1 atom stereocenters. The van der Waals surface area contributed by atoms with Gasteiger partial charge in [-0.2, -0.15) is 0 Å². The molecule has 2 N–H and O–H groups in total. The summed E-state index contributed by atoms with van der Waals surface area (Å²) >= 11 is 5.85. The third-order valence-electron chi connectivity index (χ3n) is 3.42. The Morgan fingerprint density at radius 3 is 2.38 bits per heavy atom. The van der Waals surface area contributed by atoms with E-state index in [1.807, 2.05) is 24.1 Å². The van der Waals surface area contributed by atoms with Gasteiger partial charge in [-0.1, -0.05) is 29.8 Å². The van der Waals surface area contributed by atoms with Crippen molar-refractivity contribution in [3.05, 3.63) is 70.2 Å². The zero-order chi connectivity index (χ0) is 15.4. The maximum Gasteiger partial charge on any atom is 0.130 e. The summed E-state index contributed by atoms with van der Waals surface area (Å²) in [4.78, 5) is 1.93. The predicted molar refractivity (Wildman–Crippen MR) is 81.1 cm³/mol. The highest BCUT2D eigenvalue weighted by Gasteiger charge is 2.19. The quantitative estimate of drug-likeness (QED) is 0.911. The van der Waals surface area contributed by atoms with Gasteiger partial charge in [0.15, 0.2) is 0 Å². The van der Waals surface area contributed by atoms with E-state index >= 15 is 0 Å². The Hall–Kier alpha value is -1.49. The highest BCUT2D eigenvalue weighted by atomic mass is 35.5. The van der Waals surface area contributed by atoms with Crippen LogP contribution in [0.3, 0.4) is 0 Å². The Bertz CT molecular complexity index is 602. The lowest BCUT2D eigenvalue weighted by Crippen LogP contribution is -2.30. The standard InChI is InChI=1S/C16H17ClF2N2/c1-21(10-11-2-4-12(17)5-3-11)16(9-20)14-7-6-13(18)8-15(14)19/h2-8,16H,9-10,20H2,1H3. The highest BCUT2D eigenvalue weighted by molar-refractivity contribution is 6.30. The van der Waals surface area contributed by atoms with Gasteiger partial charge in [-0.15, -0.1) is 0 Å². The first kappa shape index (κ1) is 15.9. The minimum Gasteiger partial charge on any atom is -0.329 e. The summed E-state index contributed by atoms with van der Waals surface area (Å²) in [5, 5.41) is 0.668. The van der Waals surface area contributed by atoms with Crippen molar-refractivity contribution in [1.82, 2.24) is 4.90 Å². The molecular formula is C16H17ClF2N2. The van der Waals surface area contributed by atoms with Crippen molar-refractivity contribution in [2.24, 2.45) is 5.73 Å². The second-order valence-electron chi connectivity index (χ2n) is 4.96. The summed E-state index contributed by atoms with van der Waals surface area (Å²) in [5.74, 6) is -1.17. The number of rotatable bonds is 5. The first-order valence-electron chi connectivity index (χ1n) is 6.61. The van der Waals surface area contributed by atoms with E-state index in [0.717, 1.165) is 11.6 Å². The molecule has 0 aromatic heterocycles. The van der Waals surface area contributed by atoms with Gasteiger partial charge in [-0.25, -0.2) is 8.78 Å². The predicted octanol–water partition coefficient (Wildman–Crippen LogP) is 3.75.